The summed E-state index contributed by atoms with van der Waals surface area (Å²) in [5.74, 6) is -6.98. The number of methoxy groups -OCH3 is 1. The number of Topliss-reactive ketones (excluding diaryl/α,β-unsaturated/α-hetero) is 1. The highest BCUT2D eigenvalue weighted by molar-refractivity contribution is 5.94. The summed E-state index contributed by atoms with van der Waals surface area (Å²) in [6, 6.07) is 12.9. The number of ketones is 1. The molecule has 0 aliphatic heterocycles. The topological polar surface area (TPSA) is 188 Å². The Labute approximate surface area is 288 Å². The molecule has 11 heteroatoms. The lowest BCUT2D eigenvalue weighted by Crippen LogP contribution is -2.55. The van der Waals surface area contributed by atoms with Crippen molar-refractivity contribution >= 4 is 29.6 Å². The van der Waals surface area contributed by atoms with E-state index in [4.69, 9.17) is 4.74 Å². The van der Waals surface area contributed by atoms with Crippen molar-refractivity contribution in [3.05, 3.63) is 66.2 Å². The van der Waals surface area contributed by atoms with Crippen LogP contribution in [0.1, 0.15) is 96.0 Å². The summed E-state index contributed by atoms with van der Waals surface area (Å²) in [7, 11) is 1.57. The van der Waals surface area contributed by atoms with E-state index in [1.165, 1.54) is 12.5 Å². The first kappa shape index (κ1) is 40.7. The second-order valence-corrected chi connectivity index (χ2v) is 12.4. The Morgan fingerprint density at radius 1 is 0.796 bits per heavy atom. The fourth-order valence-corrected chi connectivity index (χ4v) is 5.55. The van der Waals surface area contributed by atoms with Gasteiger partial charge in [0.15, 0.2) is 5.60 Å². The summed E-state index contributed by atoms with van der Waals surface area (Å²) in [6.07, 6.45) is 11.3. The van der Waals surface area contributed by atoms with Crippen molar-refractivity contribution < 1.29 is 49.1 Å². The van der Waals surface area contributed by atoms with Gasteiger partial charge in [-0.1, -0.05) is 94.0 Å². The number of ether oxygens (including phenoxy) is 1. The van der Waals surface area contributed by atoms with E-state index in [-0.39, 0.29) is 12.2 Å². The Balaban J connectivity index is 2.03. The number of amides is 1. The SMILES string of the molecule is CCCCCCCC(=O)CCCCCC/C=C/[C@H](C(=O)N[C@@H](Cc1ccc(-c2ccc(OC)cc2)cc1)C(=O)O)[C@@](O)(CC(=O)O)C(=O)O. The first-order valence-electron chi connectivity index (χ1n) is 17.0. The molecule has 0 aliphatic rings. The number of aliphatic carboxylic acids is 3. The largest absolute Gasteiger partial charge is 0.497 e. The molecule has 0 bridgehead atoms. The Morgan fingerprint density at radius 2 is 1.35 bits per heavy atom. The molecule has 268 valence electrons. The van der Waals surface area contributed by atoms with Crippen LogP contribution in [0.15, 0.2) is 60.7 Å². The van der Waals surface area contributed by atoms with Crippen LogP contribution in [0.2, 0.25) is 0 Å². The molecule has 0 spiro atoms. The van der Waals surface area contributed by atoms with Crippen molar-refractivity contribution in [3.63, 3.8) is 0 Å². The number of carboxylic acids is 3. The minimum atomic E-state index is -3.02. The zero-order chi connectivity index (χ0) is 36.2. The minimum Gasteiger partial charge on any atom is -0.497 e. The predicted octanol–water partition coefficient (Wildman–Crippen LogP) is 6.21. The summed E-state index contributed by atoms with van der Waals surface area (Å²) in [5.41, 5.74) is -0.666. The summed E-state index contributed by atoms with van der Waals surface area (Å²) in [4.78, 5) is 61.2. The molecule has 0 unspecified atom stereocenters. The number of nitrogens with one attached hydrogen (secondary N) is 1. The molecule has 5 N–H and O–H groups in total. The van der Waals surface area contributed by atoms with Gasteiger partial charge in [0.05, 0.1) is 19.4 Å². The van der Waals surface area contributed by atoms with E-state index in [2.05, 4.69) is 12.2 Å². The van der Waals surface area contributed by atoms with E-state index in [0.29, 0.717) is 37.0 Å². The van der Waals surface area contributed by atoms with Crippen LogP contribution in [0.25, 0.3) is 11.1 Å². The van der Waals surface area contributed by atoms with Crippen LogP contribution in [-0.4, -0.2) is 68.8 Å². The van der Waals surface area contributed by atoms with Crippen LogP contribution in [0.4, 0.5) is 0 Å². The van der Waals surface area contributed by atoms with Gasteiger partial charge in [0.2, 0.25) is 5.91 Å². The molecule has 0 aromatic heterocycles. The number of carbonyl (C=O) groups is 5. The minimum absolute atomic E-state index is 0.147. The van der Waals surface area contributed by atoms with E-state index in [9.17, 15) is 44.4 Å². The molecule has 3 atom stereocenters. The number of carboxylic acid groups (broad SMARTS) is 3. The molecule has 0 saturated carbocycles. The van der Waals surface area contributed by atoms with Crippen LogP contribution in [0.3, 0.4) is 0 Å². The molecule has 2 aromatic rings. The molecule has 0 heterocycles. The third kappa shape index (κ3) is 14.2. The average molecular weight is 682 g/mol. The van der Waals surface area contributed by atoms with Gasteiger partial charge in [-0.3, -0.25) is 14.4 Å². The molecule has 0 fully saturated rings. The Morgan fingerprint density at radius 3 is 1.86 bits per heavy atom. The highest BCUT2D eigenvalue weighted by Gasteiger charge is 2.49. The number of benzene rings is 2. The number of hydrogen-bond donors (Lipinski definition) is 5. The highest BCUT2D eigenvalue weighted by Crippen LogP contribution is 2.26. The lowest BCUT2D eigenvalue weighted by Gasteiger charge is -2.29. The number of aliphatic hydroxyl groups is 1. The van der Waals surface area contributed by atoms with E-state index in [1.54, 1.807) is 31.4 Å². The van der Waals surface area contributed by atoms with Crippen LogP contribution in [0.5, 0.6) is 5.75 Å². The molecule has 11 nitrogen and oxygen atoms in total. The molecule has 2 rings (SSSR count). The fraction of sp³-hybridized carbons (Fsp3) is 0.500. The van der Waals surface area contributed by atoms with Crippen molar-refractivity contribution in [1.82, 2.24) is 5.32 Å². The van der Waals surface area contributed by atoms with Crippen molar-refractivity contribution in [2.24, 2.45) is 5.92 Å². The smallest absolute Gasteiger partial charge is 0.337 e. The maximum Gasteiger partial charge on any atom is 0.337 e. The maximum atomic E-state index is 13.4. The molecule has 1 amide bonds. The monoisotopic (exact) mass is 681 g/mol. The molecule has 0 radical (unpaired) electrons. The normalized spacial score (nSPS) is 13.7. The molecule has 49 heavy (non-hydrogen) atoms. The summed E-state index contributed by atoms with van der Waals surface area (Å²) < 4.78 is 5.18. The van der Waals surface area contributed by atoms with Gasteiger partial charge in [-0.25, -0.2) is 9.59 Å². The van der Waals surface area contributed by atoms with Crippen molar-refractivity contribution in [3.8, 4) is 16.9 Å². The molecular weight excluding hydrogens is 630 g/mol. The average Bonchev–Trinajstić information content (AvgIpc) is 3.07. The first-order chi connectivity index (χ1) is 23.4. The Hall–Kier alpha value is -4.51. The molecule has 0 saturated heterocycles. The Bertz CT molecular complexity index is 1390. The zero-order valence-corrected chi connectivity index (χ0v) is 28.6. The van der Waals surface area contributed by atoms with Crippen LogP contribution in [0, 0.1) is 5.92 Å². The summed E-state index contributed by atoms with van der Waals surface area (Å²) in [5, 5.41) is 42.3. The number of allylic oxidation sites excluding steroid dienone is 1. The van der Waals surface area contributed by atoms with E-state index in [0.717, 1.165) is 62.1 Å². The van der Waals surface area contributed by atoms with Crippen molar-refractivity contribution in [2.75, 3.05) is 7.11 Å². The van der Waals surface area contributed by atoms with E-state index in [1.807, 2.05) is 24.3 Å². The maximum absolute atomic E-state index is 13.4. The van der Waals surface area contributed by atoms with Crippen molar-refractivity contribution in [1.29, 1.82) is 0 Å². The van der Waals surface area contributed by atoms with Gasteiger partial charge in [-0.2, -0.15) is 0 Å². The summed E-state index contributed by atoms with van der Waals surface area (Å²) in [6.45, 7) is 2.15. The number of carbonyl (C=O) groups excluding carboxylic acids is 2. The lowest BCUT2D eigenvalue weighted by molar-refractivity contribution is -0.172. The molecule has 0 aliphatic carbocycles. The third-order valence-electron chi connectivity index (χ3n) is 8.48. The quantitative estimate of drug-likeness (QED) is 0.0596. The van der Waals surface area contributed by atoms with Gasteiger partial charge >= 0.3 is 17.9 Å². The van der Waals surface area contributed by atoms with Gasteiger partial charge in [0, 0.05) is 19.3 Å². The van der Waals surface area contributed by atoms with Gasteiger partial charge in [0.1, 0.15) is 17.6 Å². The Kier molecular flexibility index (Phi) is 17.8. The van der Waals surface area contributed by atoms with Crippen LogP contribution < -0.4 is 10.1 Å². The first-order valence-corrected chi connectivity index (χ1v) is 17.0. The van der Waals surface area contributed by atoms with E-state index < -0.39 is 47.8 Å². The summed E-state index contributed by atoms with van der Waals surface area (Å²) >= 11 is 0. The predicted molar refractivity (Wildman–Crippen MR) is 185 cm³/mol. The second-order valence-electron chi connectivity index (χ2n) is 12.4. The standard InChI is InChI=1S/C38H51NO10/c1-3-4-5-8-11-14-30(40)15-12-9-6-7-10-13-16-32(38(48,37(46)47)26-34(41)42)35(43)39-33(36(44)45)25-27-17-19-28(20-18-27)29-21-23-31(49-2)24-22-29/h13,16-24,32-33,48H,3-12,14-15,25-26H2,1-2H3,(H,39,43)(H,41,42)(H,44,45)(H,46,47)/b16-13+/t32-,33+,38+/m1/s1. The highest BCUT2D eigenvalue weighted by atomic mass is 16.5. The fourth-order valence-electron chi connectivity index (χ4n) is 5.55. The number of unbranched alkanes of at least 4 members (excludes halogenated alkanes) is 8. The third-order valence-corrected chi connectivity index (χ3v) is 8.48. The number of rotatable bonds is 25. The van der Waals surface area contributed by atoms with Crippen molar-refractivity contribution in [2.45, 2.75) is 108 Å². The van der Waals surface area contributed by atoms with Crippen LogP contribution >= 0.6 is 0 Å². The van der Waals surface area contributed by atoms with Gasteiger partial charge in [-0.05, 0) is 54.5 Å². The van der Waals surface area contributed by atoms with E-state index >= 15 is 0 Å². The van der Waals surface area contributed by atoms with Gasteiger partial charge in [0.25, 0.3) is 0 Å². The number of hydrogen-bond acceptors (Lipinski definition) is 7. The molecule has 2 aromatic carbocycles. The lowest BCUT2D eigenvalue weighted by atomic mass is 9.82. The van der Waals surface area contributed by atoms with Gasteiger partial charge < -0.3 is 30.5 Å². The molecular formula is C38H51NO10. The van der Waals surface area contributed by atoms with Gasteiger partial charge in [-0.15, -0.1) is 0 Å². The second kappa shape index (κ2) is 21.5. The van der Waals surface area contributed by atoms with Crippen LogP contribution in [-0.2, 0) is 30.4 Å². The zero-order valence-electron chi connectivity index (χ0n) is 28.6.